The summed E-state index contributed by atoms with van der Waals surface area (Å²) < 4.78 is 1.74. The fourth-order valence-corrected chi connectivity index (χ4v) is 1.63. The Morgan fingerprint density at radius 3 is 2.82 bits per heavy atom. The van der Waals surface area contributed by atoms with E-state index in [1.54, 1.807) is 4.68 Å². The number of carbonyl (C=O) groups excluding carboxylic acids is 1. The van der Waals surface area contributed by atoms with E-state index in [2.05, 4.69) is 17.3 Å². The first-order chi connectivity index (χ1) is 8.02. The van der Waals surface area contributed by atoms with Crippen LogP contribution in [0.5, 0.6) is 0 Å². The zero-order valence-electron chi connectivity index (χ0n) is 10.9. The third-order valence-corrected chi connectivity index (χ3v) is 2.90. The van der Waals surface area contributed by atoms with Gasteiger partial charge in [-0.1, -0.05) is 6.92 Å². The van der Waals surface area contributed by atoms with Crippen molar-refractivity contribution in [3.8, 4) is 0 Å². The summed E-state index contributed by atoms with van der Waals surface area (Å²) in [4.78, 5) is 11.7. The minimum Gasteiger partial charge on any atom is -0.330 e. The summed E-state index contributed by atoms with van der Waals surface area (Å²) in [6.07, 6.45) is 2.36. The van der Waals surface area contributed by atoms with Gasteiger partial charge in [0.05, 0.1) is 0 Å². The minimum atomic E-state index is 0.0203. The Bertz CT molecular complexity index is 353. The number of carbonyl (C=O) groups is 1. The third-order valence-electron chi connectivity index (χ3n) is 2.90. The van der Waals surface area contributed by atoms with E-state index in [1.807, 2.05) is 20.0 Å². The second-order valence-corrected chi connectivity index (χ2v) is 4.56. The number of anilines is 1. The molecule has 1 amide bonds. The van der Waals surface area contributed by atoms with Crippen LogP contribution in [0.2, 0.25) is 0 Å². The topological polar surface area (TPSA) is 72.9 Å². The maximum Gasteiger partial charge on any atom is 0.225 e. The Hall–Kier alpha value is -1.36. The largest absolute Gasteiger partial charge is 0.330 e. The molecule has 5 nitrogen and oxygen atoms in total. The van der Waals surface area contributed by atoms with Crippen LogP contribution >= 0.6 is 0 Å². The third kappa shape index (κ3) is 4.56. The first-order valence-corrected chi connectivity index (χ1v) is 6.03. The zero-order valence-corrected chi connectivity index (χ0v) is 10.9. The van der Waals surface area contributed by atoms with Crippen molar-refractivity contribution in [1.82, 2.24) is 9.78 Å². The fraction of sp³-hybridized carbons (Fsp3) is 0.667. The lowest BCUT2D eigenvalue weighted by atomic mass is 10.0. The molecule has 96 valence electrons. The van der Waals surface area contributed by atoms with Crippen molar-refractivity contribution >= 4 is 11.7 Å². The van der Waals surface area contributed by atoms with Gasteiger partial charge in [0.25, 0.3) is 0 Å². The Morgan fingerprint density at radius 1 is 1.59 bits per heavy atom. The molecule has 3 N–H and O–H groups in total. The van der Waals surface area contributed by atoms with E-state index < -0.39 is 0 Å². The number of hydrogen-bond acceptors (Lipinski definition) is 3. The van der Waals surface area contributed by atoms with Gasteiger partial charge in [-0.3, -0.25) is 9.48 Å². The predicted molar refractivity (Wildman–Crippen MR) is 68.6 cm³/mol. The van der Waals surface area contributed by atoms with Gasteiger partial charge in [0.1, 0.15) is 0 Å². The number of aromatic nitrogens is 2. The number of amides is 1. The van der Waals surface area contributed by atoms with E-state index in [-0.39, 0.29) is 5.91 Å². The smallest absolute Gasteiger partial charge is 0.225 e. The molecule has 0 bridgehead atoms. The monoisotopic (exact) mass is 238 g/mol. The number of nitrogens with one attached hydrogen (secondary N) is 1. The molecule has 1 aromatic heterocycles. The maximum atomic E-state index is 11.7. The first kappa shape index (κ1) is 13.7. The predicted octanol–water partition coefficient (Wildman–Crippen LogP) is 1.43. The molecule has 1 aromatic rings. The summed E-state index contributed by atoms with van der Waals surface area (Å²) in [7, 11) is 1.86. The van der Waals surface area contributed by atoms with E-state index in [0.29, 0.717) is 24.7 Å². The van der Waals surface area contributed by atoms with Crippen LogP contribution in [0.15, 0.2) is 6.07 Å². The highest BCUT2D eigenvalue weighted by Crippen LogP contribution is 2.11. The summed E-state index contributed by atoms with van der Waals surface area (Å²) in [6.45, 7) is 4.75. The molecule has 5 heteroatoms. The van der Waals surface area contributed by atoms with Gasteiger partial charge in [-0.15, -0.1) is 0 Å². The molecule has 0 radical (unpaired) electrons. The standard InChI is InChI=1S/C12H22N4O/c1-9(6-7-13)4-5-12(17)14-11-8-10(2)16(3)15-11/h8-9H,4-7,13H2,1-3H3,(H,14,15,17). The van der Waals surface area contributed by atoms with Gasteiger partial charge < -0.3 is 11.1 Å². The second-order valence-electron chi connectivity index (χ2n) is 4.56. The normalized spacial score (nSPS) is 12.5. The highest BCUT2D eigenvalue weighted by Gasteiger charge is 2.08. The van der Waals surface area contributed by atoms with Crippen molar-refractivity contribution in [3.05, 3.63) is 11.8 Å². The van der Waals surface area contributed by atoms with E-state index in [0.717, 1.165) is 18.5 Å². The number of nitrogens with two attached hydrogens (primary N) is 1. The van der Waals surface area contributed by atoms with E-state index in [1.165, 1.54) is 0 Å². The fourth-order valence-electron chi connectivity index (χ4n) is 1.63. The quantitative estimate of drug-likeness (QED) is 0.787. The van der Waals surface area contributed by atoms with Gasteiger partial charge in [-0.2, -0.15) is 5.10 Å². The van der Waals surface area contributed by atoms with Crippen molar-refractivity contribution in [2.75, 3.05) is 11.9 Å². The van der Waals surface area contributed by atoms with Gasteiger partial charge >= 0.3 is 0 Å². The highest BCUT2D eigenvalue weighted by atomic mass is 16.1. The van der Waals surface area contributed by atoms with Gasteiger partial charge in [-0.05, 0) is 32.2 Å². The van der Waals surface area contributed by atoms with Crippen molar-refractivity contribution < 1.29 is 4.79 Å². The number of nitrogens with zero attached hydrogens (tertiary/aromatic N) is 2. The van der Waals surface area contributed by atoms with Gasteiger partial charge in [0.15, 0.2) is 5.82 Å². The van der Waals surface area contributed by atoms with Crippen LogP contribution in [0.1, 0.15) is 31.9 Å². The molecule has 0 aliphatic heterocycles. The van der Waals surface area contributed by atoms with Crippen molar-refractivity contribution in [3.63, 3.8) is 0 Å². The molecule has 0 saturated carbocycles. The van der Waals surface area contributed by atoms with Crippen LogP contribution in [-0.2, 0) is 11.8 Å². The minimum absolute atomic E-state index is 0.0203. The summed E-state index contributed by atoms with van der Waals surface area (Å²) in [5.74, 6) is 1.14. The lowest BCUT2D eigenvalue weighted by Gasteiger charge is -2.08. The average molecular weight is 238 g/mol. The zero-order chi connectivity index (χ0) is 12.8. The molecule has 1 rings (SSSR count). The van der Waals surface area contributed by atoms with Gasteiger partial charge in [0.2, 0.25) is 5.91 Å². The average Bonchev–Trinajstić information content (AvgIpc) is 2.55. The van der Waals surface area contributed by atoms with Crippen molar-refractivity contribution in [1.29, 1.82) is 0 Å². The Balaban J connectivity index is 2.34. The second kappa shape index (κ2) is 6.39. The lowest BCUT2D eigenvalue weighted by molar-refractivity contribution is -0.116. The molecule has 0 saturated heterocycles. The van der Waals surface area contributed by atoms with Crippen LogP contribution in [0, 0.1) is 12.8 Å². The van der Waals surface area contributed by atoms with Crippen LogP contribution in [0.25, 0.3) is 0 Å². The SMILES string of the molecule is Cc1cc(NC(=O)CCC(C)CCN)nn1C. The van der Waals surface area contributed by atoms with Crippen LogP contribution < -0.4 is 11.1 Å². The Kier molecular flexibility index (Phi) is 5.15. The molecule has 0 aliphatic carbocycles. The summed E-state index contributed by atoms with van der Waals surface area (Å²) in [5, 5.41) is 6.98. The molecule has 0 aromatic carbocycles. The molecular weight excluding hydrogens is 216 g/mol. The molecular formula is C12H22N4O. The highest BCUT2D eigenvalue weighted by molar-refractivity contribution is 5.89. The number of rotatable bonds is 6. The molecule has 1 unspecified atom stereocenters. The summed E-state index contributed by atoms with van der Waals surface area (Å²) >= 11 is 0. The van der Waals surface area contributed by atoms with E-state index in [4.69, 9.17) is 5.73 Å². The molecule has 17 heavy (non-hydrogen) atoms. The molecule has 1 heterocycles. The van der Waals surface area contributed by atoms with Crippen molar-refractivity contribution in [2.45, 2.75) is 33.1 Å². The Morgan fingerprint density at radius 2 is 2.29 bits per heavy atom. The molecule has 0 aliphatic rings. The summed E-state index contributed by atoms with van der Waals surface area (Å²) in [5.41, 5.74) is 6.49. The molecule has 0 spiro atoms. The molecule has 0 fully saturated rings. The Labute approximate surface area is 102 Å². The lowest BCUT2D eigenvalue weighted by Crippen LogP contribution is -2.14. The number of aryl methyl sites for hydroxylation is 2. The molecule has 1 atom stereocenters. The maximum absolute atomic E-state index is 11.7. The first-order valence-electron chi connectivity index (χ1n) is 6.03. The van der Waals surface area contributed by atoms with Crippen LogP contribution in [0.3, 0.4) is 0 Å². The van der Waals surface area contributed by atoms with E-state index in [9.17, 15) is 4.79 Å². The van der Waals surface area contributed by atoms with Crippen LogP contribution in [0.4, 0.5) is 5.82 Å². The number of hydrogen-bond donors (Lipinski definition) is 2. The van der Waals surface area contributed by atoms with E-state index >= 15 is 0 Å². The van der Waals surface area contributed by atoms with Gasteiger partial charge in [-0.25, -0.2) is 0 Å². The van der Waals surface area contributed by atoms with Crippen molar-refractivity contribution in [2.24, 2.45) is 18.7 Å². The van der Waals surface area contributed by atoms with Crippen LogP contribution in [-0.4, -0.2) is 22.2 Å². The summed E-state index contributed by atoms with van der Waals surface area (Å²) in [6, 6.07) is 1.86. The van der Waals surface area contributed by atoms with Gasteiger partial charge in [0, 0.05) is 25.2 Å².